The topological polar surface area (TPSA) is 44.1 Å². The minimum atomic E-state index is -0.335. The Hall–Kier alpha value is -2.10. The highest BCUT2D eigenvalue weighted by molar-refractivity contribution is 5.87. The Kier molecular flexibility index (Phi) is 3.30. The second-order valence-electron chi connectivity index (χ2n) is 5.34. The van der Waals surface area contributed by atoms with Gasteiger partial charge in [0.05, 0.1) is 25.7 Å². The van der Waals surface area contributed by atoms with Gasteiger partial charge in [0.2, 0.25) is 0 Å². The molecule has 2 unspecified atom stereocenters. The van der Waals surface area contributed by atoms with Crippen molar-refractivity contribution >= 4 is 5.97 Å². The lowest BCUT2D eigenvalue weighted by atomic mass is 9.80. The summed E-state index contributed by atoms with van der Waals surface area (Å²) in [7, 11) is 1.40. The van der Waals surface area contributed by atoms with Crippen LogP contribution in [-0.4, -0.2) is 22.6 Å². The highest BCUT2D eigenvalue weighted by Crippen LogP contribution is 2.37. The minimum Gasteiger partial charge on any atom is -0.464 e. The number of imidazole rings is 1. The summed E-state index contributed by atoms with van der Waals surface area (Å²) in [5.41, 5.74) is 3.16. The minimum absolute atomic E-state index is 0.150. The third-order valence-corrected chi connectivity index (χ3v) is 4.14. The summed E-state index contributed by atoms with van der Waals surface area (Å²) in [5.74, 6) is 0.125. The van der Waals surface area contributed by atoms with E-state index in [2.05, 4.69) is 36.2 Å². The predicted octanol–water partition coefficient (Wildman–Crippen LogP) is 2.84. The molecule has 1 aliphatic carbocycles. The van der Waals surface area contributed by atoms with Gasteiger partial charge in [-0.1, -0.05) is 31.2 Å². The maximum atomic E-state index is 11.9. The molecule has 4 heteroatoms. The quantitative estimate of drug-likeness (QED) is 0.788. The van der Waals surface area contributed by atoms with Crippen molar-refractivity contribution in [2.75, 3.05) is 7.11 Å². The molecular weight excluding hydrogens is 252 g/mol. The van der Waals surface area contributed by atoms with Crippen molar-refractivity contribution in [1.29, 1.82) is 0 Å². The van der Waals surface area contributed by atoms with E-state index < -0.39 is 0 Å². The average molecular weight is 270 g/mol. The molecule has 1 aromatic carbocycles. The first-order chi connectivity index (χ1) is 9.72. The molecule has 1 aliphatic rings. The van der Waals surface area contributed by atoms with Gasteiger partial charge >= 0.3 is 5.97 Å². The van der Waals surface area contributed by atoms with Gasteiger partial charge in [-0.15, -0.1) is 0 Å². The van der Waals surface area contributed by atoms with Crippen molar-refractivity contribution in [3.05, 3.63) is 53.6 Å². The summed E-state index contributed by atoms with van der Waals surface area (Å²) < 4.78 is 6.80. The van der Waals surface area contributed by atoms with E-state index in [-0.39, 0.29) is 12.0 Å². The zero-order valence-electron chi connectivity index (χ0n) is 11.7. The molecule has 0 amide bonds. The molecule has 0 fully saturated rings. The smallest absolute Gasteiger partial charge is 0.356 e. The first-order valence-corrected chi connectivity index (χ1v) is 6.90. The number of esters is 1. The number of carbonyl (C=O) groups excluding carboxylic acids is 1. The molecule has 1 heterocycles. The van der Waals surface area contributed by atoms with Crippen LogP contribution in [-0.2, 0) is 11.2 Å². The number of aromatic nitrogens is 2. The maximum absolute atomic E-state index is 11.9. The number of carbonyl (C=O) groups is 1. The number of methoxy groups -OCH3 is 1. The maximum Gasteiger partial charge on any atom is 0.356 e. The molecule has 0 saturated carbocycles. The molecule has 1 aromatic heterocycles. The third-order valence-electron chi connectivity index (χ3n) is 4.14. The van der Waals surface area contributed by atoms with Gasteiger partial charge < -0.3 is 9.30 Å². The van der Waals surface area contributed by atoms with Crippen molar-refractivity contribution < 1.29 is 9.53 Å². The van der Waals surface area contributed by atoms with Crippen LogP contribution in [0.2, 0.25) is 0 Å². The molecule has 0 N–H and O–H groups in total. The fraction of sp³-hybridized carbons (Fsp3) is 0.375. The van der Waals surface area contributed by atoms with Crippen molar-refractivity contribution in [1.82, 2.24) is 9.55 Å². The number of ether oxygens (including phenoxy) is 1. The largest absolute Gasteiger partial charge is 0.464 e. The molecule has 20 heavy (non-hydrogen) atoms. The van der Waals surface area contributed by atoms with E-state index in [1.807, 2.05) is 4.57 Å². The zero-order valence-corrected chi connectivity index (χ0v) is 11.7. The van der Waals surface area contributed by atoms with Crippen LogP contribution in [0.15, 0.2) is 36.8 Å². The van der Waals surface area contributed by atoms with E-state index in [9.17, 15) is 4.79 Å². The Labute approximate surface area is 118 Å². The first-order valence-electron chi connectivity index (χ1n) is 6.90. The fourth-order valence-electron chi connectivity index (χ4n) is 3.11. The lowest BCUT2D eigenvalue weighted by Gasteiger charge is -2.33. The molecule has 0 saturated heterocycles. The van der Waals surface area contributed by atoms with Gasteiger partial charge in [0.15, 0.2) is 0 Å². The number of hydrogen-bond acceptors (Lipinski definition) is 3. The molecule has 3 rings (SSSR count). The molecule has 0 aliphatic heterocycles. The molecule has 2 aromatic rings. The van der Waals surface area contributed by atoms with E-state index in [0.29, 0.717) is 11.6 Å². The summed E-state index contributed by atoms with van der Waals surface area (Å²) in [5, 5.41) is 0. The van der Waals surface area contributed by atoms with Crippen molar-refractivity contribution in [2.45, 2.75) is 25.8 Å². The van der Waals surface area contributed by atoms with Crippen LogP contribution in [0.4, 0.5) is 0 Å². The Morgan fingerprint density at radius 2 is 2.20 bits per heavy atom. The summed E-state index contributed by atoms with van der Waals surface area (Å²) >= 11 is 0. The number of rotatable bonds is 2. The van der Waals surface area contributed by atoms with Crippen LogP contribution in [0.5, 0.6) is 0 Å². The van der Waals surface area contributed by atoms with Crippen LogP contribution < -0.4 is 0 Å². The lowest BCUT2D eigenvalue weighted by Crippen LogP contribution is -2.26. The van der Waals surface area contributed by atoms with E-state index in [1.54, 1.807) is 12.5 Å². The van der Waals surface area contributed by atoms with Crippen LogP contribution in [0, 0.1) is 5.92 Å². The van der Waals surface area contributed by atoms with Gasteiger partial charge in [-0.25, -0.2) is 9.78 Å². The lowest BCUT2D eigenvalue weighted by molar-refractivity contribution is 0.0585. The van der Waals surface area contributed by atoms with Crippen molar-refractivity contribution in [3.63, 3.8) is 0 Å². The molecule has 4 nitrogen and oxygen atoms in total. The second-order valence-corrected chi connectivity index (χ2v) is 5.34. The summed E-state index contributed by atoms with van der Waals surface area (Å²) in [4.78, 5) is 16.0. The van der Waals surface area contributed by atoms with Gasteiger partial charge in [0, 0.05) is 0 Å². The number of benzene rings is 1. The van der Waals surface area contributed by atoms with Gasteiger partial charge in [-0.05, 0) is 29.9 Å². The molecule has 0 bridgehead atoms. The summed E-state index contributed by atoms with van der Waals surface area (Å²) in [6.45, 7) is 2.22. The highest BCUT2D eigenvalue weighted by Gasteiger charge is 2.30. The standard InChI is InChI=1S/C16H18N2O2/c1-11-7-8-12-5-3-4-6-13(12)15(11)18-10-17-9-14(18)16(19)20-2/h3-6,9-11,15H,7-8H2,1-2H3. The number of nitrogens with zero attached hydrogens (tertiary/aromatic N) is 2. The fourth-order valence-corrected chi connectivity index (χ4v) is 3.11. The van der Waals surface area contributed by atoms with Crippen molar-refractivity contribution in [2.24, 2.45) is 5.92 Å². The molecule has 2 atom stereocenters. The highest BCUT2D eigenvalue weighted by atomic mass is 16.5. The van der Waals surface area contributed by atoms with Crippen LogP contribution >= 0.6 is 0 Å². The number of fused-ring (bicyclic) bond motifs is 1. The monoisotopic (exact) mass is 270 g/mol. The molecule has 0 spiro atoms. The molecule has 0 radical (unpaired) electrons. The predicted molar refractivity (Wildman–Crippen MR) is 75.6 cm³/mol. The van der Waals surface area contributed by atoms with Gasteiger partial charge in [-0.2, -0.15) is 0 Å². The Bertz CT molecular complexity index is 633. The van der Waals surface area contributed by atoms with E-state index in [1.165, 1.54) is 18.2 Å². The van der Waals surface area contributed by atoms with Crippen LogP contribution in [0.25, 0.3) is 0 Å². The Balaban J connectivity index is 2.10. The van der Waals surface area contributed by atoms with Crippen molar-refractivity contribution in [3.8, 4) is 0 Å². The zero-order chi connectivity index (χ0) is 14.1. The third kappa shape index (κ3) is 2.01. The number of hydrogen-bond donors (Lipinski definition) is 0. The van der Waals surface area contributed by atoms with Crippen LogP contribution in [0.1, 0.15) is 41.0 Å². The Morgan fingerprint density at radius 3 is 3.00 bits per heavy atom. The summed E-state index contributed by atoms with van der Waals surface area (Å²) in [6, 6.07) is 8.59. The van der Waals surface area contributed by atoms with Gasteiger partial charge in [-0.3, -0.25) is 0 Å². The molecular formula is C16H18N2O2. The number of aryl methyl sites for hydroxylation is 1. The normalized spacial score (nSPS) is 21.3. The first kappa shape index (κ1) is 12.9. The average Bonchev–Trinajstić information content (AvgIpc) is 2.95. The van der Waals surface area contributed by atoms with E-state index in [4.69, 9.17) is 4.74 Å². The second kappa shape index (κ2) is 5.12. The Morgan fingerprint density at radius 1 is 1.40 bits per heavy atom. The van der Waals surface area contributed by atoms with Crippen LogP contribution in [0.3, 0.4) is 0 Å². The van der Waals surface area contributed by atoms with Gasteiger partial charge in [0.1, 0.15) is 5.69 Å². The summed E-state index contributed by atoms with van der Waals surface area (Å²) in [6.07, 6.45) is 5.52. The van der Waals surface area contributed by atoms with E-state index >= 15 is 0 Å². The van der Waals surface area contributed by atoms with E-state index in [0.717, 1.165) is 12.8 Å². The molecule has 104 valence electrons. The van der Waals surface area contributed by atoms with Gasteiger partial charge in [0.25, 0.3) is 0 Å². The SMILES string of the molecule is COC(=O)c1cncn1C1c2ccccc2CCC1C.